The molecule has 0 spiro atoms. The van der Waals surface area contributed by atoms with Crippen molar-refractivity contribution in [1.82, 2.24) is 0 Å². The minimum atomic E-state index is -3.68. The minimum Gasteiger partial charge on any atom is -0.463 e. The lowest BCUT2D eigenvalue weighted by atomic mass is 10.1. The van der Waals surface area contributed by atoms with Crippen LogP contribution < -0.4 is 5.14 Å². The summed E-state index contributed by atoms with van der Waals surface area (Å²) in [6.07, 6.45) is 1.66. The molecule has 1 aromatic carbocycles. The van der Waals surface area contributed by atoms with Crippen molar-refractivity contribution < 1.29 is 22.7 Å². The van der Waals surface area contributed by atoms with Crippen molar-refractivity contribution >= 4 is 16.0 Å². The van der Waals surface area contributed by atoms with Crippen LogP contribution >= 0.6 is 0 Å². The van der Waals surface area contributed by atoms with E-state index in [1.807, 2.05) is 6.92 Å². The van der Waals surface area contributed by atoms with Crippen molar-refractivity contribution in [2.24, 2.45) is 5.14 Å². The number of sulfonamides is 1. The molecular weight excluding hydrogens is 294 g/mol. The summed E-state index contributed by atoms with van der Waals surface area (Å²) >= 11 is 0. The Hall–Kier alpha value is -1.44. The number of hydrogen-bond donors (Lipinski definition) is 1. The average molecular weight is 315 g/mol. The number of benzene rings is 1. The number of aryl methyl sites for hydroxylation is 1. The third-order valence-corrected chi connectivity index (χ3v) is 3.64. The molecular formula is C14H21NO5S. The lowest BCUT2D eigenvalue weighted by molar-refractivity contribution is -0.145. The summed E-state index contributed by atoms with van der Waals surface area (Å²) in [6.45, 7) is 3.33. The molecule has 6 nitrogen and oxygen atoms in total. The molecule has 0 unspecified atom stereocenters. The molecule has 0 bridgehead atoms. The van der Waals surface area contributed by atoms with Gasteiger partial charge in [0.1, 0.15) is 6.61 Å². The Morgan fingerprint density at radius 2 is 1.81 bits per heavy atom. The highest BCUT2D eigenvalue weighted by atomic mass is 32.2. The summed E-state index contributed by atoms with van der Waals surface area (Å²) in [6, 6.07) is 6.12. The fraction of sp³-hybridized carbons (Fsp3) is 0.500. The Bertz CT molecular complexity index is 539. The van der Waals surface area contributed by atoms with Gasteiger partial charge in [-0.2, -0.15) is 0 Å². The smallest absolute Gasteiger partial charge is 0.306 e. The van der Waals surface area contributed by atoms with Crippen LogP contribution in [0.2, 0.25) is 0 Å². The van der Waals surface area contributed by atoms with Crippen molar-refractivity contribution in [2.75, 3.05) is 19.8 Å². The molecule has 0 aliphatic carbocycles. The van der Waals surface area contributed by atoms with Gasteiger partial charge in [0, 0.05) is 13.0 Å². The number of rotatable bonds is 9. The maximum Gasteiger partial charge on any atom is 0.306 e. The first-order valence-electron chi connectivity index (χ1n) is 6.78. The molecule has 1 aromatic rings. The standard InChI is InChI=1S/C14H21NO5S/c1-2-9-19-10-11-20-14(16)8-5-12-3-6-13(7-4-12)21(15,17)18/h3-4,6-7H,2,5,8-11H2,1H3,(H2,15,17,18). The molecule has 118 valence electrons. The van der Waals surface area contributed by atoms with Crippen LogP contribution in [0.25, 0.3) is 0 Å². The van der Waals surface area contributed by atoms with Gasteiger partial charge in [-0.1, -0.05) is 19.1 Å². The van der Waals surface area contributed by atoms with E-state index in [1.165, 1.54) is 12.1 Å². The Balaban J connectivity index is 2.30. The van der Waals surface area contributed by atoms with Gasteiger partial charge in [0.2, 0.25) is 10.0 Å². The number of carbonyl (C=O) groups excluding carboxylic acids is 1. The summed E-state index contributed by atoms with van der Waals surface area (Å²) in [5, 5.41) is 5.00. The molecule has 0 fully saturated rings. The highest BCUT2D eigenvalue weighted by Crippen LogP contribution is 2.10. The Labute approximate surface area is 125 Å². The molecule has 7 heteroatoms. The van der Waals surface area contributed by atoms with Gasteiger partial charge in [-0.05, 0) is 30.5 Å². The molecule has 0 heterocycles. The van der Waals surface area contributed by atoms with E-state index in [0.29, 0.717) is 19.6 Å². The van der Waals surface area contributed by atoms with E-state index in [1.54, 1.807) is 12.1 Å². The first-order chi connectivity index (χ1) is 9.93. The minimum absolute atomic E-state index is 0.0573. The monoisotopic (exact) mass is 315 g/mol. The van der Waals surface area contributed by atoms with E-state index >= 15 is 0 Å². The van der Waals surface area contributed by atoms with E-state index in [-0.39, 0.29) is 23.9 Å². The summed E-state index contributed by atoms with van der Waals surface area (Å²) < 4.78 is 32.4. The van der Waals surface area contributed by atoms with Crippen molar-refractivity contribution in [3.63, 3.8) is 0 Å². The molecule has 0 saturated heterocycles. The fourth-order valence-electron chi connectivity index (χ4n) is 1.63. The molecule has 0 atom stereocenters. The average Bonchev–Trinajstić information content (AvgIpc) is 2.44. The van der Waals surface area contributed by atoms with Crippen molar-refractivity contribution in [3.05, 3.63) is 29.8 Å². The van der Waals surface area contributed by atoms with Gasteiger partial charge >= 0.3 is 5.97 Å². The van der Waals surface area contributed by atoms with Crippen LogP contribution in [0.4, 0.5) is 0 Å². The molecule has 0 aromatic heterocycles. The zero-order valence-electron chi connectivity index (χ0n) is 12.1. The molecule has 0 amide bonds. The third kappa shape index (κ3) is 7.22. The van der Waals surface area contributed by atoms with Gasteiger partial charge in [0.15, 0.2) is 0 Å². The zero-order valence-corrected chi connectivity index (χ0v) is 12.9. The molecule has 0 aliphatic heterocycles. The number of nitrogens with two attached hydrogens (primary N) is 1. The van der Waals surface area contributed by atoms with Crippen molar-refractivity contribution in [1.29, 1.82) is 0 Å². The number of carbonyl (C=O) groups is 1. The fourth-order valence-corrected chi connectivity index (χ4v) is 2.14. The normalized spacial score (nSPS) is 11.3. The number of ether oxygens (including phenoxy) is 2. The maximum atomic E-state index is 11.5. The lowest BCUT2D eigenvalue weighted by Crippen LogP contribution is -2.12. The zero-order chi connectivity index (χ0) is 15.7. The van der Waals surface area contributed by atoms with Gasteiger partial charge < -0.3 is 9.47 Å². The molecule has 0 aliphatic rings. The SMILES string of the molecule is CCCOCCOC(=O)CCc1ccc(S(N)(=O)=O)cc1. The topological polar surface area (TPSA) is 95.7 Å². The molecule has 0 radical (unpaired) electrons. The van der Waals surface area contributed by atoms with Crippen LogP contribution in [0.5, 0.6) is 0 Å². The van der Waals surface area contributed by atoms with Gasteiger partial charge in [0.25, 0.3) is 0 Å². The summed E-state index contributed by atoms with van der Waals surface area (Å²) in [7, 11) is -3.68. The largest absolute Gasteiger partial charge is 0.463 e. The first kappa shape index (κ1) is 17.6. The number of primary sulfonamides is 1. The molecule has 2 N–H and O–H groups in total. The van der Waals surface area contributed by atoms with E-state index in [4.69, 9.17) is 14.6 Å². The summed E-state index contributed by atoms with van der Waals surface area (Å²) in [5.41, 5.74) is 0.849. The van der Waals surface area contributed by atoms with Gasteiger partial charge in [-0.3, -0.25) is 4.79 Å². The maximum absolute atomic E-state index is 11.5. The Morgan fingerprint density at radius 1 is 1.14 bits per heavy atom. The van der Waals surface area contributed by atoms with Gasteiger partial charge in [-0.25, -0.2) is 13.6 Å². The second kappa shape index (κ2) is 8.76. The predicted octanol–water partition coefficient (Wildman–Crippen LogP) is 1.24. The van der Waals surface area contributed by atoms with Crippen LogP contribution in [-0.4, -0.2) is 34.2 Å². The van der Waals surface area contributed by atoms with Crippen LogP contribution in [0.1, 0.15) is 25.3 Å². The summed E-state index contributed by atoms with van der Waals surface area (Å²) in [5.74, 6) is -0.300. The van der Waals surface area contributed by atoms with Crippen LogP contribution in [0.3, 0.4) is 0 Å². The Kier molecular flexibility index (Phi) is 7.35. The summed E-state index contributed by atoms with van der Waals surface area (Å²) in [4.78, 5) is 11.5. The van der Waals surface area contributed by atoms with Gasteiger partial charge in [-0.15, -0.1) is 0 Å². The van der Waals surface area contributed by atoms with Crippen LogP contribution in [0.15, 0.2) is 29.2 Å². The van der Waals surface area contributed by atoms with Crippen LogP contribution in [-0.2, 0) is 30.7 Å². The first-order valence-corrected chi connectivity index (χ1v) is 8.33. The van der Waals surface area contributed by atoms with E-state index in [9.17, 15) is 13.2 Å². The Morgan fingerprint density at radius 3 is 2.38 bits per heavy atom. The van der Waals surface area contributed by atoms with E-state index in [0.717, 1.165) is 12.0 Å². The van der Waals surface area contributed by atoms with Gasteiger partial charge in [0.05, 0.1) is 11.5 Å². The highest BCUT2D eigenvalue weighted by Gasteiger charge is 2.08. The second-order valence-electron chi connectivity index (χ2n) is 4.52. The number of hydrogen-bond acceptors (Lipinski definition) is 5. The quantitative estimate of drug-likeness (QED) is 0.546. The van der Waals surface area contributed by atoms with Crippen molar-refractivity contribution in [2.45, 2.75) is 31.1 Å². The predicted molar refractivity (Wildman–Crippen MR) is 78.2 cm³/mol. The number of esters is 1. The molecule has 0 saturated carbocycles. The molecule has 1 rings (SSSR count). The second-order valence-corrected chi connectivity index (χ2v) is 6.08. The third-order valence-electron chi connectivity index (χ3n) is 2.71. The van der Waals surface area contributed by atoms with E-state index in [2.05, 4.69) is 0 Å². The van der Waals surface area contributed by atoms with Crippen LogP contribution in [0, 0.1) is 0 Å². The lowest BCUT2D eigenvalue weighted by Gasteiger charge is -2.06. The highest BCUT2D eigenvalue weighted by molar-refractivity contribution is 7.89. The van der Waals surface area contributed by atoms with Crippen molar-refractivity contribution in [3.8, 4) is 0 Å². The van der Waals surface area contributed by atoms with E-state index < -0.39 is 10.0 Å². The molecule has 21 heavy (non-hydrogen) atoms.